The summed E-state index contributed by atoms with van der Waals surface area (Å²) in [5.74, 6) is -0.406. The van der Waals surface area contributed by atoms with Gasteiger partial charge in [-0.2, -0.15) is 0 Å². The van der Waals surface area contributed by atoms with Crippen molar-refractivity contribution >= 4 is 15.9 Å². The largest absolute Gasteiger partial charge is 0.331 e. The van der Waals surface area contributed by atoms with E-state index in [0.29, 0.717) is 5.56 Å². The summed E-state index contributed by atoms with van der Waals surface area (Å²) in [4.78, 5) is 23.7. The van der Waals surface area contributed by atoms with Gasteiger partial charge in [-0.25, -0.2) is 9.18 Å². The van der Waals surface area contributed by atoms with Crippen LogP contribution in [0.5, 0.6) is 0 Å². The molecule has 0 amide bonds. The molecule has 2 N–H and O–H groups in total. The van der Waals surface area contributed by atoms with Gasteiger partial charge in [-0.15, -0.1) is 0 Å². The van der Waals surface area contributed by atoms with Gasteiger partial charge in [0.1, 0.15) is 5.82 Å². The van der Waals surface area contributed by atoms with E-state index in [0.717, 1.165) is 9.04 Å². The van der Waals surface area contributed by atoms with Crippen molar-refractivity contribution in [2.75, 3.05) is 6.54 Å². The third kappa shape index (κ3) is 3.05. The third-order valence-corrected chi connectivity index (χ3v) is 3.33. The zero-order chi connectivity index (χ0) is 14.7. The molecule has 0 saturated heterocycles. The van der Waals surface area contributed by atoms with Crippen LogP contribution in [0.3, 0.4) is 0 Å². The van der Waals surface area contributed by atoms with Crippen LogP contribution >= 0.6 is 15.9 Å². The summed E-state index contributed by atoms with van der Waals surface area (Å²) >= 11 is 3.25. The minimum Gasteiger partial charge on any atom is -0.329 e. The summed E-state index contributed by atoms with van der Waals surface area (Å²) in [5.41, 5.74) is 4.82. The van der Waals surface area contributed by atoms with Crippen molar-refractivity contribution in [1.82, 2.24) is 9.13 Å². The standard InChI is InChI=1S/C13H13BrFN3O2/c14-10-1-2-11(15)9(7-10)8-17-5-3-12(19)18(6-4-16)13(17)20/h1-3,5,7H,4,6,8,16H2. The van der Waals surface area contributed by atoms with Crippen molar-refractivity contribution in [3.05, 3.63) is 67.2 Å². The highest BCUT2D eigenvalue weighted by Crippen LogP contribution is 2.15. The molecule has 1 aromatic heterocycles. The molecule has 0 saturated carbocycles. The molecule has 0 atom stereocenters. The Morgan fingerprint density at radius 1 is 1.25 bits per heavy atom. The summed E-state index contributed by atoms with van der Waals surface area (Å²) in [5, 5.41) is 0. The van der Waals surface area contributed by atoms with Gasteiger partial charge in [0.2, 0.25) is 0 Å². The molecule has 0 radical (unpaired) electrons. The van der Waals surface area contributed by atoms with Crippen molar-refractivity contribution in [2.24, 2.45) is 5.73 Å². The average molecular weight is 342 g/mol. The second kappa shape index (κ2) is 6.15. The molecule has 5 nitrogen and oxygen atoms in total. The van der Waals surface area contributed by atoms with Gasteiger partial charge in [0, 0.05) is 35.4 Å². The van der Waals surface area contributed by atoms with E-state index in [1.165, 1.54) is 22.9 Å². The molecule has 106 valence electrons. The van der Waals surface area contributed by atoms with E-state index >= 15 is 0 Å². The maximum absolute atomic E-state index is 13.7. The molecule has 0 unspecified atom stereocenters. The number of hydrogen-bond acceptors (Lipinski definition) is 3. The minimum absolute atomic E-state index is 0.0506. The van der Waals surface area contributed by atoms with Crippen molar-refractivity contribution in [3.8, 4) is 0 Å². The van der Waals surface area contributed by atoms with Crippen LogP contribution in [-0.2, 0) is 13.1 Å². The van der Waals surface area contributed by atoms with Gasteiger partial charge in [0.15, 0.2) is 0 Å². The van der Waals surface area contributed by atoms with Gasteiger partial charge in [0.05, 0.1) is 6.54 Å². The molecule has 0 bridgehead atoms. The number of aromatic nitrogens is 2. The number of nitrogens with zero attached hydrogens (tertiary/aromatic N) is 2. The van der Waals surface area contributed by atoms with Crippen molar-refractivity contribution < 1.29 is 4.39 Å². The Morgan fingerprint density at radius 2 is 2.00 bits per heavy atom. The highest BCUT2D eigenvalue weighted by Gasteiger charge is 2.08. The van der Waals surface area contributed by atoms with E-state index in [4.69, 9.17) is 5.73 Å². The lowest BCUT2D eigenvalue weighted by atomic mass is 10.2. The van der Waals surface area contributed by atoms with Crippen LogP contribution in [0.4, 0.5) is 4.39 Å². The monoisotopic (exact) mass is 341 g/mol. The quantitative estimate of drug-likeness (QED) is 0.898. The van der Waals surface area contributed by atoms with E-state index in [-0.39, 0.29) is 19.6 Å². The summed E-state index contributed by atoms with van der Waals surface area (Å²) < 4.78 is 16.7. The minimum atomic E-state index is -0.498. The van der Waals surface area contributed by atoms with Gasteiger partial charge in [-0.1, -0.05) is 15.9 Å². The SMILES string of the molecule is NCCn1c(=O)ccn(Cc2cc(Br)ccc2F)c1=O. The normalized spacial score (nSPS) is 10.8. The lowest BCUT2D eigenvalue weighted by Gasteiger charge is -2.10. The van der Waals surface area contributed by atoms with E-state index in [2.05, 4.69) is 15.9 Å². The average Bonchev–Trinajstić information content (AvgIpc) is 2.42. The molecule has 1 heterocycles. The highest BCUT2D eigenvalue weighted by molar-refractivity contribution is 9.10. The Balaban J connectivity index is 2.44. The van der Waals surface area contributed by atoms with Crippen LogP contribution in [0.1, 0.15) is 5.56 Å². The van der Waals surface area contributed by atoms with Gasteiger partial charge in [0.25, 0.3) is 5.56 Å². The number of hydrogen-bond donors (Lipinski definition) is 1. The first kappa shape index (κ1) is 14.7. The molecular weight excluding hydrogens is 329 g/mol. The van der Waals surface area contributed by atoms with E-state index in [1.54, 1.807) is 12.1 Å². The fourth-order valence-corrected chi connectivity index (χ4v) is 2.27. The Hall–Kier alpha value is -1.73. The lowest BCUT2D eigenvalue weighted by molar-refractivity contribution is 0.558. The predicted molar refractivity (Wildman–Crippen MR) is 77.2 cm³/mol. The van der Waals surface area contributed by atoms with Crippen LogP contribution in [0.15, 0.2) is 44.5 Å². The summed E-state index contributed by atoms with van der Waals surface area (Å²) in [6.07, 6.45) is 1.36. The molecular formula is C13H13BrFN3O2. The summed E-state index contributed by atoms with van der Waals surface area (Å²) in [6, 6.07) is 5.77. The van der Waals surface area contributed by atoms with Gasteiger partial charge in [-0.3, -0.25) is 13.9 Å². The first-order valence-corrected chi connectivity index (χ1v) is 6.76. The Morgan fingerprint density at radius 3 is 2.70 bits per heavy atom. The van der Waals surface area contributed by atoms with Gasteiger partial charge in [-0.05, 0) is 18.2 Å². The number of halogens is 2. The van der Waals surface area contributed by atoms with Gasteiger partial charge >= 0.3 is 5.69 Å². The topological polar surface area (TPSA) is 70.0 Å². The summed E-state index contributed by atoms with van der Waals surface area (Å²) in [6.45, 7) is 0.374. The molecule has 2 rings (SSSR count). The molecule has 0 aliphatic heterocycles. The first-order valence-electron chi connectivity index (χ1n) is 5.97. The number of benzene rings is 1. The first-order chi connectivity index (χ1) is 9.52. The van der Waals surface area contributed by atoms with Crippen LogP contribution < -0.4 is 17.0 Å². The van der Waals surface area contributed by atoms with Crippen molar-refractivity contribution in [2.45, 2.75) is 13.1 Å². The molecule has 0 fully saturated rings. The van der Waals surface area contributed by atoms with Crippen molar-refractivity contribution in [1.29, 1.82) is 0 Å². The molecule has 0 aliphatic rings. The summed E-state index contributed by atoms with van der Waals surface area (Å²) in [7, 11) is 0. The maximum atomic E-state index is 13.7. The highest BCUT2D eigenvalue weighted by atomic mass is 79.9. The van der Waals surface area contributed by atoms with Crippen LogP contribution in [0.2, 0.25) is 0 Å². The second-order valence-corrected chi connectivity index (χ2v) is 5.16. The molecule has 7 heteroatoms. The van der Waals surface area contributed by atoms with E-state index in [9.17, 15) is 14.0 Å². The van der Waals surface area contributed by atoms with E-state index < -0.39 is 17.1 Å². The molecule has 0 aliphatic carbocycles. The smallest absolute Gasteiger partial charge is 0.329 e. The number of rotatable bonds is 4. The third-order valence-electron chi connectivity index (χ3n) is 2.84. The van der Waals surface area contributed by atoms with Crippen LogP contribution in [-0.4, -0.2) is 15.7 Å². The molecule has 0 spiro atoms. The molecule has 1 aromatic carbocycles. The maximum Gasteiger partial charge on any atom is 0.331 e. The molecule has 2 aromatic rings. The number of nitrogens with two attached hydrogens (primary N) is 1. The second-order valence-electron chi connectivity index (χ2n) is 4.24. The predicted octanol–water partition coefficient (Wildman–Crippen LogP) is 0.919. The Kier molecular flexibility index (Phi) is 4.51. The van der Waals surface area contributed by atoms with Crippen molar-refractivity contribution in [3.63, 3.8) is 0 Å². The Labute approximate surface area is 122 Å². The zero-order valence-corrected chi connectivity index (χ0v) is 12.1. The van der Waals surface area contributed by atoms with Crippen LogP contribution in [0.25, 0.3) is 0 Å². The zero-order valence-electron chi connectivity index (χ0n) is 10.6. The Bertz CT molecular complexity index is 739. The fourth-order valence-electron chi connectivity index (χ4n) is 1.86. The van der Waals surface area contributed by atoms with Gasteiger partial charge < -0.3 is 5.73 Å². The lowest BCUT2D eigenvalue weighted by Crippen LogP contribution is -2.40. The van der Waals surface area contributed by atoms with Crippen LogP contribution in [0, 0.1) is 5.82 Å². The fraction of sp³-hybridized carbons (Fsp3) is 0.231. The molecule has 20 heavy (non-hydrogen) atoms. The van der Waals surface area contributed by atoms with E-state index in [1.807, 2.05) is 0 Å².